The van der Waals surface area contributed by atoms with Crippen LogP contribution >= 0.6 is 23.2 Å². The number of anilines is 1. The Balaban J connectivity index is 1.11. The van der Waals surface area contributed by atoms with Gasteiger partial charge in [0.2, 0.25) is 11.7 Å². The number of likely N-dealkylation sites (N-methyl/N-ethyl adjacent to an activating group) is 1. The number of amides is 1. The average molecular weight is 735 g/mol. The highest BCUT2D eigenvalue weighted by Crippen LogP contribution is 2.39. The van der Waals surface area contributed by atoms with E-state index in [0.717, 1.165) is 73.0 Å². The fraction of sp³-hybridized carbons (Fsp3) is 0.385. The number of aryl methyl sites for hydroxylation is 1. The molecule has 1 N–H and O–H groups in total. The Morgan fingerprint density at radius 1 is 0.980 bits per heavy atom. The number of rotatable bonds is 14. The van der Waals surface area contributed by atoms with E-state index in [1.807, 2.05) is 62.5 Å². The third kappa shape index (κ3) is 8.41. The minimum Gasteiger partial charge on any atom is -0.493 e. The van der Waals surface area contributed by atoms with Crippen LogP contribution in [0.3, 0.4) is 0 Å². The van der Waals surface area contributed by atoms with Crippen LogP contribution in [0.15, 0.2) is 71.1 Å². The first-order valence-electron chi connectivity index (χ1n) is 17.2. The van der Waals surface area contributed by atoms with Crippen LogP contribution in [0, 0.1) is 6.92 Å². The van der Waals surface area contributed by atoms with E-state index >= 15 is 0 Å². The number of nitrogens with zero attached hydrogens (tertiary/aromatic N) is 4. The number of methoxy groups -OCH3 is 3. The Bertz CT molecular complexity index is 1940. The van der Waals surface area contributed by atoms with E-state index in [0.29, 0.717) is 52.0 Å². The summed E-state index contributed by atoms with van der Waals surface area (Å²) in [5.41, 5.74) is 3.52. The van der Waals surface area contributed by atoms with Gasteiger partial charge in [0.1, 0.15) is 11.5 Å². The summed E-state index contributed by atoms with van der Waals surface area (Å²) in [4.78, 5) is 22.9. The maximum Gasteiger partial charge on any atom is 0.253 e. The van der Waals surface area contributed by atoms with Crippen molar-refractivity contribution >= 4 is 46.1 Å². The molecule has 0 bridgehead atoms. The second kappa shape index (κ2) is 16.3. The minimum atomic E-state index is -0.153. The lowest BCUT2D eigenvalue weighted by molar-refractivity contribution is 0.0781. The van der Waals surface area contributed by atoms with Crippen LogP contribution in [-0.4, -0.2) is 85.9 Å². The van der Waals surface area contributed by atoms with Crippen LogP contribution in [0.4, 0.5) is 5.95 Å². The monoisotopic (exact) mass is 733 g/mol. The van der Waals surface area contributed by atoms with E-state index in [2.05, 4.69) is 20.9 Å². The van der Waals surface area contributed by atoms with E-state index in [-0.39, 0.29) is 11.8 Å². The average Bonchev–Trinajstić information content (AvgIpc) is 3.72. The number of hydrogen-bond acceptors (Lipinski definition) is 8. The second-order valence-corrected chi connectivity index (χ2v) is 13.9. The molecule has 0 saturated carbocycles. The van der Waals surface area contributed by atoms with Crippen molar-refractivity contribution in [3.05, 3.63) is 99.4 Å². The number of carbonyl (C=O) groups is 1. The number of halogens is 2. The highest BCUT2D eigenvalue weighted by molar-refractivity contribution is 6.42. The normalized spacial score (nSPS) is 14.4. The Labute approximate surface area is 309 Å². The minimum absolute atomic E-state index is 0.0248. The van der Waals surface area contributed by atoms with Crippen molar-refractivity contribution in [2.75, 3.05) is 59.9 Å². The molecule has 1 unspecified atom stereocenters. The van der Waals surface area contributed by atoms with Gasteiger partial charge in [-0.15, -0.1) is 0 Å². The predicted octanol–water partition coefficient (Wildman–Crippen LogP) is 8.14. The van der Waals surface area contributed by atoms with Gasteiger partial charge < -0.3 is 38.3 Å². The van der Waals surface area contributed by atoms with Gasteiger partial charge in [0, 0.05) is 44.2 Å². The number of fused-ring (bicyclic) bond motifs is 1. The van der Waals surface area contributed by atoms with Crippen LogP contribution in [0.25, 0.3) is 11.0 Å². The molecular weight excluding hydrogens is 689 g/mol. The molecule has 51 heavy (non-hydrogen) atoms. The molecule has 1 amide bonds. The molecule has 2 aromatic heterocycles. The Kier molecular flexibility index (Phi) is 11.6. The van der Waals surface area contributed by atoms with Crippen molar-refractivity contribution in [3.63, 3.8) is 0 Å². The molecule has 5 aromatic rings. The van der Waals surface area contributed by atoms with Crippen LogP contribution in [0.2, 0.25) is 10.0 Å². The first-order valence-corrected chi connectivity index (χ1v) is 17.9. The Morgan fingerprint density at radius 2 is 1.71 bits per heavy atom. The van der Waals surface area contributed by atoms with Crippen LogP contribution in [-0.2, 0) is 6.54 Å². The lowest BCUT2D eigenvalue weighted by Crippen LogP contribution is -2.40. The molecule has 0 aliphatic carbocycles. The van der Waals surface area contributed by atoms with Gasteiger partial charge in [-0.3, -0.25) is 4.79 Å². The number of hydrogen-bond donors (Lipinski definition) is 1. The molecule has 1 aliphatic rings. The Morgan fingerprint density at radius 3 is 2.35 bits per heavy atom. The van der Waals surface area contributed by atoms with Gasteiger partial charge in [0.15, 0.2) is 11.5 Å². The molecule has 0 spiro atoms. The molecular formula is C39H45Cl2N5O5. The van der Waals surface area contributed by atoms with Crippen molar-refractivity contribution < 1.29 is 23.4 Å². The highest BCUT2D eigenvalue weighted by Gasteiger charge is 2.26. The highest BCUT2D eigenvalue weighted by atomic mass is 35.5. The smallest absolute Gasteiger partial charge is 0.253 e. The number of nitrogens with one attached hydrogen (secondary N) is 1. The molecule has 6 rings (SSSR count). The number of carbonyl (C=O) groups excluding carboxylic acids is 1. The van der Waals surface area contributed by atoms with Crippen molar-refractivity contribution in [2.45, 2.75) is 44.7 Å². The predicted molar refractivity (Wildman–Crippen MR) is 202 cm³/mol. The zero-order valence-corrected chi connectivity index (χ0v) is 31.3. The van der Waals surface area contributed by atoms with Gasteiger partial charge in [-0.05, 0) is 86.8 Å². The van der Waals surface area contributed by atoms with Crippen LogP contribution in [0.5, 0.6) is 17.2 Å². The molecule has 1 atom stereocenters. The fourth-order valence-electron chi connectivity index (χ4n) is 6.86. The fourth-order valence-corrected chi connectivity index (χ4v) is 7.17. The van der Waals surface area contributed by atoms with Gasteiger partial charge in [-0.25, -0.2) is 4.98 Å². The van der Waals surface area contributed by atoms with E-state index in [1.165, 1.54) is 21.3 Å². The second-order valence-electron chi connectivity index (χ2n) is 13.0. The summed E-state index contributed by atoms with van der Waals surface area (Å²) in [7, 11) is 6.42. The lowest BCUT2D eigenvalue weighted by Gasteiger charge is -2.34. The number of likely N-dealkylation sites (tertiary alicyclic amines) is 1. The largest absolute Gasteiger partial charge is 0.493 e. The van der Waals surface area contributed by atoms with E-state index < -0.39 is 0 Å². The summed E-state index contributed by atoms with van der Waals surface area (Å²) < 4.78 is 24.6. The van der Waals surface area contributed by atoms with Gasteiger partial charge >= 0.3 is 0 Å². The third-order valence-corrected chi connectivity index (χ3v) is 10.4. The number of benzene rings is 3. The van der Waals surface area contributed by atoms with Crippen molar-refractivity contribution in [1.29, 1.82) is 0 Å². The van der Waals surface area contributed by atoms with Gasteiger partial charge in [-0.1, -0.05) is 41.4 Å². The lowest BCUT2D eigenvalue weighted by atomic mass is 9.94. The maximum absolute atomic E-state index is 13.7. The first-order chi connectivity index (χ1) is 24.7. The summed E-state index contributed by atoms with van der Waals surface area (Å²) in [6, 6.07) is 21.6. The zero-order chi connectivity index (χ0) is 36.1. The summed E-state index contributed by atoms with van der Waals surface area (Å²) in [5.74, 6) is 3.83. The number of para-hydroxylation sites is 2. The molecule has 1 saturated heterocycles. The molecule has 1 aliphatic heterocycles. The third-order valence-electron chi connectivity index (χ3n) is 9.65. The van der Waals surface area contributed by atoms with Gasteiger partial charge in [0.05, 0.1) is 49.0 Å². The SMILES string of the molecule is COc1cc(C(=O)N(C)CC(CCN2CCC(Nc3nc4ccccc4n3Cc3ccc(C)o3)CC2)c2ccc(Cl)c(Cl)c2)cc(OC)c1OC. The van der Waals surface area contributed by atoms with Crippen molar-refractivity contribution in [2.24, 2.45) is 0 Å². The molecule has 12 heteroatoms. The quantitative estimate of drug-likeness (QED) is 0.122. The summed E-state index contributed by atoms with van der Waals surface area (Å²) in [6.45, 7) is 5.83. The molecule has 3 heterocycles. The summed E-state index contributed by atoms with van der Waals surface area (Å²) in [5, 5.41) is 4.75. The molecule has 0 radical (unpaired) electrons. The van der Waals surface area contributed by atoms with E-state index in [4.69, 9.17) is 46.8 Å². The standard InChI is InChI=1S/C39H45Cl2N5O5/c1-25-10-12-30(51-25)24-46-34-9-7-6-8-33(34)43-39(46)42-29-15-18-45(19-16-29)17-14-27(26-11-13-31(40)32(41)20-26)23-44(2)38(47)28-21-35(48-3)37(50-5)36(22-28)49-4/h6-13,20-22,27,29H,14-19,23-24H2,1-5H3,(H,42,43). The van der Waals surface area contributed by atoms with Crippen LogP contribution in [0.1, 0.15) is 52.6 Å². The molecule has 3 aromatic carbocycles. The van der Waals surface area contributed by atoms with Gasteiger partial charge in [-0.2, -0.15) is 0 Å². The number of piperidine rings is 1. The number of ether oxygens (including phenoxy) is 3. The van der Waals surface area contributed by atoms with E-state index in [1.54, 1.807) is 17.0 Å². The maximum atomic E-state index is 13.7. The Hall–Kier alpha value is -4.38. The topological polar surface area (TPSA) is 94.2 Å². The summed E-state index contributed by atoms with van der Waals surface area (Å²) in [6.07, 6.45) is 2.81. The number of furan rings is 1. The van der Waals surface area contributed by atoms with Gasteiger partial charge in [0.25, 0.3) is 5.91 Å². The van der Waals surface area contributed by atoms with Crippen LogP contribution < -0.4 is 19.5 Å². The molecule has 1 fully saturated rings. The molecule has 10 nitrogen and oxygen atoms in total. The zero-order valence-electron chi connectivity index (χ0n) is 29.7. The number of aromatic nitrogens is 2. The molecule has 270 valence electrons. The number of imidazole rings is 1. The summed E-state index contributed by atoms with van der Waals surface area (Å²) >= 11 is 12.8. The van der Waals surface area contributed by atoms with E-state index in [9.17, 15) is 4.79 Å². The van der Waals surface area contributed by atoms with Crippen molar-refractivity contribution in [1.82, 2.24) is 19.4 Å². The van der Waals surface area contributed by atoms with Crippen molar-refractivity contribution in [3.8, 4) is 17.2 Å². The first kappa shape index (κ1) is 36.4.